The van der Waals surface area contributed by atoms with Crippen LogP contribution in [0.5, 0.6) is 11.5 Å². The van der Waals surface area contributed by atoms with Gasteiger partial charge in [0.05, 0.1) is 21.6 Å². The highest BCUT2D eigenvalue weighted by atomic mass is 35.5. The van der Waals surface area contributed by atoms with E-state index in [-0.39, 0.29) is 52.5 Å². The standard InChI is InChI=1S/C65H73ClN10O10S2/c1-65(2)25-23-45(52(36-65)43-13-15-46(66)16-14-43)40-72-28-30-73(31-29-72)47-17-19-51(57(34-47)86-48-33-44-24-26-67-61(44)69-38-48)62(79)71-88(84,85)49-18-20-54(56(35-49)76(82)83)68-37-42-9-8-27-74(39-42)60(78)12-5-3-4-6-32-87-58-11-7-10-50-53(58)41-75(64(50)81)55-21-22-59(77)70-63(55)80/h7,10-11,13-20,24,26,33-35,38,42,55,68H,3-6,8-9,12,21-23,25,27-32,36-37,39-41H2,1-2H3,(H,67,69)(H,71,79)(H,70,77,80). The number of allylic oxidation sites excluding steroid dienone is 1. The number of carbonyl (C=O) groups excluding carboxylic acids is 5. The van der Waals surface area contributed by atoms with Gasteiger partial charge in [-0.05, 0) is 146 Å². The zero-order valence-electron chi connectivity index (χ0n) is 49.5. The van der Waals surface area contributed by atoms with Crippen molar-refractivity contribution in [1.82, 2.24) is 34.7 Å². The van der Waals surface area contributed by atoms with E-state index in [2.05, 4.69) is 61.1 Å². The van der Waals surface area contributed by atoms with Gasteiger partial charge in [0.15, 0.2) is 0 Å². The number of pyridine rings is 1. The summed E-state index contributed by atoms with van der Waals surface area (Å²) in [7, 11) is -4.66. The topological polar surface area (TPSA) is 250 Å². The van der Waals surface area contributed by atoms with Crippen LogP contribution in [-0.2, 0) is 31.0 Å². The Kier molecular flexibility index (Phi) is 18.9. The van der Waals surface area contributed by atoms with Gasteiger partial charge in [0, 0.05) is 117 Å². The van der Waals surface area contributed by atoms with Crippen molar-refractivity contribution < 1.29 is 42.1 Å². The number of benzene rings is 4. The molecule has 6 aromatic rings. The van der Waals surface area contributed by atoms with E-state index in [1.807, 2.05) is 35.2 Å². The van der Waals surface area contributed by atoms with E-state index in [4.69, 9.17) is 16.3 Å². The minimum Gasteiger partial charge on any atom is -0.455 e. The number of nitro benzene ring substituents is 1. The highest BCUT2D eigenvalue weighted by Gasteiger charge is 2.40. The average Bonchev–Trinajstić information content (AvgIpc) is 3.11. The number of nitrogens with one attached hydrogen (secondary N) is 4. The summed E-state index contributed by atoms with van der Waals surface area (Å²) in [6.07, 6.45) is 12.3. The second kappa shape index (κ2) is 26.9. The number of likely N-dealkylation sites (tertiary alicyclic amines) is 1. The third-order valence-electron chi connectivity index (χ3n) is 17.6. The normalized spacial score (nSPS) is 19.0. The molecule has 1 aliphatic carbocycles. The van der Waals surface area contributed by atoms with Gasteiger partial charge in [-0.1, -0.05) is 62.1 Å². The molecule has 4 aliphatic heterocycles. The monoisotopic (exact) mass is 1250 g/mol. The first-order valence-electron chi connectivity index (χ1n) is 30.3. The van der Waals surface area contributed by atoms with Crippen LogP contribution in [0.3, 0.4) is 0 Å². The van der Waals surface area contributed by atoms with Gasteiger partial charge in [0.2, 0.25) is 17.7 Å². The largest absolute Gasteiger partial charge is 0.455 e. The van der Waals surface area contributed by atoms with Crippen LogP contribution in [0.2, 0.25) is 5.02 Å². The molecule has 3 fully saturated rings. The molecule has 20 nitrogen and oxygen atoms in total. The summed E-state index contributed by atoms with van der Waals surface area (Å²) in [5, 5.41) is 19.5. The smallest absolute Gasteiger partial charge is 0.293 e. The Morgan fingerprint density at radius 1 is 0.920 bits per heavy atom. The van der Waals surface area contributed by atoms with Crippen molar-refractivity contribution in [3.05, 3.63) is 146 Å². The number of piperidine rings is 2. The summed E-state index contributed by atoms with van der Waals surface area (Å²) in [5.41, 5.74) is 6.73. The van der Waals surface area contributed by atoms with E-state index in [0.717, 1.165) is 111 Å². The number of anilines is 2. The lowest BCUT2D eigenvalue weighted by atomic mass is 9.72. The van der Waals surface area contributed by atoms with Gasteiger partial charge in [0.25, 0.3) is 27.5 Å². The Hall–Kier alpha value is -7.79. The van der Waals surface area contributed by atoms with Gasteiger partial charge in [-0.2, -0.15) is 0 Å². The zero-order valence-corrected chi connectivity index (χ0v) is 51.9. The molecule has 0 saturated carbocycles. The summed E-state index contributed by atoms with van der Waals surface area (Å²) in [4.78, 5) is 93.1. The van der Waals surface area contributed by atoms with Crippen LogP contribution >= 0.6 is 23.4 Å². The molecule has 4 N–H and O–H groups in total. The van der Waals surface area contributed by atoms with Crippen LogP contribution in [0.1, 0.15) is 123 Å². The number of amides is 5. The molecule has 2 aromatic heterocycles. The molecule has 88 heavy (non-hydrogen) atoms. The minimum absolute atomic E-state index is 0.0112. The van der Waals surface area contributed by atoms with Crippen molar-refractivity contribution in [3.63, 3.8) is 0 Å². The number of aromatic amines is 1. The van der Waals surface area contributed by atoms with Crippen LogP contribution in [-0.4, -0.2) is 132 Å². The van der Waals surface area contributed by atoms with Crippen LogP contribution in [0.15, 0.2) is 119 Å². The lowest BCUT2D eigenvalue weighted by Crippen LogP contribution is -2.52. The predicted octanol–water partition coefficient (Wildman–Crippen LogP) is 11.0. The first-order valence-corrected chi connectivity index (χ1v) is 33.2. The molecule has 0 bridgehead atoms. The van der Waals surface area contributed by atoms with Crippen molar-refractivity contribution in [1.29, 1.82) is 0 Å². The summed E-state index contributed by atoms with van der Waals surface area (Å²) >= 11 is 7.95. The van der Waals surface area contributed by atoms with Gasteiger partial charge in [-0.3, -0.25) is 44.3 Å². The van der Waals surface area contributed by atoms with E-state index < -0.39 is 43.4 Å². The number of sulfonamides is 1. The number of nitro groups is 1. The third-order valence-corrected chi connectivity index (χ3v) is 20.3. The Morgan fingerprint density at radius 2 is 1.73 bits per heavy atom. The number of rotatable bonds is 22. The SMILES string of the molecule is CC1(C)CCC(CN2CCN(c3ccc(C(=O)NS(=O)(=O)c4ccc(NCC5CCCN(C(=O)CCCCCCSc6cccc7c6CN(C6CCC(=O)NC6=O)C7=O)C5)c([N+](=O)[O-])c4)c(Oc4cnc5[nH]ccc5c4)c3)CC2)=C(c2ccc(Cl)cc2)C1. The molecule has 0 spiro atoms. The molecule has 0 radical (unpaired) electrons. The van der Waals surface area contributed by atoms with Crippen molar-refractivity contribution in [2.24, 2.45) is 11.3 Å². The van der Waals surface area contributed by atoms with Crippen molar-refractivity contribution in [3.8, 4) is 11.5 Å². The Balaban J connectivity index is 0.672. The number of piperazine rings is 1. The summed E-state index contributed by atoms with van der Waals surface area (Å²) < 4.78 is 36.5. The fourth-order valence-corrected chi connectivity index (χ4v) is 14.9. The first-order chi connectivity index (χ1) is 42.3. The number of carbonyl (C=O) groups is 5. The van der Waals surface area contributed by atoms with Gasteiger partial charge in [-0.25, -0.2) is 18.1 Å². The van der Waals surface area contributed by atoms with Gasteiger partial charge in [0.1, 0.15) is 28.9 Å². The molecule has 2 atom stereocenters. The van der Waals surface area contributed by atoms with E-state index in [1.165, 1.54) is 41.1 Å². The number of nitrogens with zero attached hydrogens (tertiary/aromatic N) is 6. The van der Waals surface area contributed by atoms with Crippen molar-refractivity contribution in [2.45, 2.75) is 113 Å². The van der Waals surface area contributed by atoms with E-state index in [9.17, 15) is 42.5 Å². The minimum atomic E-state index is -4.66. The molecular formula is C65H73ClN10O10S2. The molecule has 3 saturated heterocycles. The molecule has 462 valence electrons. The summed E-state index contributed by atoms with van der Waals surface area (Å²) in [6, 6.07) is 25.2. The number of aromatic nitrogens is 2. The molecule has 23 heteroatoms. The van der Waals surface area contributed by atoms with E-state index >= 15 is 0 Å². The number of fused-ring (bicyclic) bond motifs is 2. The molecule has 5 amide bonds. The number of ether oxygens (including phenoxy) is 1. The lowest BCUT2D eigenvalue weighted by molar-refractivity contribution is -0.384. The van der Waals surface area contributed by atoms with Crippen LogP contribution in [0, 0.1) is 21.4 Å². The Labute approximate surface area is 521 Å². The zero-order chi connectivity index (χ0) is 61.7. The maximum Gasteiger partial charge on any atom is 0.293 e. The van der Waals surface area contributed by atoms with Crippen molar-refractivity contribution >= 4 is 96.6 Å². The van der Waals surface area contributed by atoms with Crippen LogP contribution < -0.4 is 25.0 Å². The number of hydrogen-bond donors (Lipinski definition) is 4. The molecule has 5 aliphatic rings. The molecule has 2 unspecified atom stereocenters. The highest BCUT2D eigenvalue weighted by Crippen LogP contribution is 2.44. The number of hydrogen-bond acceptors (Lipinski definition) is 15. The van der Waals surface area contributed by atoms with Gasteiger partial charge < -0.3 is 29.7 Å². The van der Waals surface area contributed by atoms with Crippen LogP contribution in [0.4, 0.5) is 17.1 Å². The van der Waals surface area contributed by atoms with Gasteiger partial charge in [-0.15, -0.1) is 11.8 Å². The quantitative estimate of drug-likeness (QED) is 0.0162. The molecule has 6 heterocycles. The number of H-pyrrole nitrogens is 1. The summed E-state index contributed by atoms with van der Waals surface area (Å²) in [6.45, 7) is 10.2. The fourth-order valence-electron chi connectivity index (χ4n) is 12.7. The maximum absolute atomic E-state index is 14.2. The average molecular weight is 1250 g/mol. The second-order valence-corrected chi connectivity index (χ2v) is 27.6. The lowest BCUT2D eigenvalue weighted by Gasteiger charge is -2.39. The molecular weight excluding hydrogens is 1180 g/mol. The summed E-state index contributed by atoms with van der Waals surface area (Å²) in [5.74, 6) is -0.638. The number of thioether (sulfide) groups is 1. The first kappa shape index (κ1) is 61.8. The molecule has 4 aromatic carbocycles. The predicted molar refractivity (Wildman–Crippen MR) is 339 cm³/mol. The Morgan fingerprint density at radius 3 is 2.52 bits per heavy atom. The highest BCUT2D eigenvalue weighted by molar-refractivity contribution is 7.99. The fraction of sp³-hybridized carbons (Fsp3) is 0.415. The molecule has 11 rings (SSSR count). The number of imide groups is 1. The number of halogens is 1. The number of unbranched alkanes of at least 4 members (excludes halogenated alkanes) is 3. The Bertz CT molecular complexity index is 3810. The van der Waals surface area contributed by atoms with Gasteiger partial charge >= 0.3 is 0 Å². The van der Waals surface area contributed by atoms with E-state index in [0.29, 0.717) is 74.1 Å². The van der Waals surface area contributed by atoms with E-state index in [1.54, 1.807) is 47.1 Å². The maximum atomic E-state index is 14.2. The third kappa shape index (κ3) is 14.5. The van der Waals surface area contributed by atoms with Crippen LogP contribution in [0.25, 0.3) is 16.6 Å². The van der Waals surface area contributed by atoms with Crippen molar-refractivity contribution in [2.75, 3.05) is 68.3 Å². The second-order valence-electron chi connectivity index (χ2n) is 24.4.